The van der Waals surface area contributed by atoms with E-state index in [-0.39, 0.29) is 26.0 Å². The minimum absolute atomic E-state index is 0.0655. The van der Waals surface area contributed by atoms with Crippen molar-refractivity contribution in [2.75, 3.05) is 6.54 Å². The summed E-state index contributed by atoms with van der Waals surface area (Å²) in [5, 5.41) is 11.8. The van der Waals surface area contributed by atoms with Crippen molar-refractivity contribution in [2.45, 2.75) is 25.4 Å². The normalized spacial score (nSPS) is 30.3. The molecule has 2 aliphatic carbocycles. The predicted molar refractivity (Wildman–Crippen MR) is 75.9 cm³/mol. The zero-order valence-corrected chi connectivity index (χ0v) is 12.3. The van der Waals surface area contributed by atoms with E-state index in [9.17, 15) is 23.5 Å². The van der Waals surface area contributed by atoms with Crippen molar-refractivity contribution in [3.05, 3.63) is 35.9 Å². The number of rotatable bonds is 5. The number of alkyl halides is 2. The average Bonchev–Trinajstić information content (AvgIpc) is 2.90. The standard InChI is InChI=1S/C16H17F2NO4/c17-16(18)11-6-15(13(20)21,7-12(11)16)9-19-14(22)23-8-10-4-2-1-3-5-10/h1-5,11-12H,6-9H2,(H,19,22)(H,20,21). The molecule has 124 valence electrons. The van der Waals surface area contributed by atoms with E-state index in [1.807, 2.05) is 6.07 Å². The van der Waals surface area contributed by atoms with Gasteiger partial charge in [-0.1, -0.05) is 30.3 Å². The summed E-state index contributed by atoms with van der Waals surface area (Å²) in [5.41, 5.74) is -0.514. The molecule has 2 unspecified atom stereocenters. The molecule has 3 rings (SSSR count). The first-order valence-electron chi connectivity index (χ1n) is 7.41. The Morgan fingerprint density at radius 3 is 2.39 bits per heavy atom. The number of carboxylic acids is 1. The SMILES string of the molecule is O=C(NCC1(C(=O)O)CC2C(C1)C2(F)F)OCc1ccccc1. The molecule has 2 aliphatic rings. The van der Waals surface area contributed by atoms with Gasteiger partial charge in [0.2, 0.25) is 0 Å². The van der Waals surface area contributed by atoms with Gasteiger partial charge >= 0.3 is 12.1 Å². The third kappa shape index (κ3) is 2.87. The number of aliphatic carboxylic acids is 1. The number of ether oxygens (including phenoxy) is 1. The number of carboxylic acid groups (broad SMARTS) is 1. The Bertz CT molecular complexity index is 606. The van der Waals surface area contributed by atoms with Gasteiger partial charge < -0.3 is 15.2 Å². The fourth-order valence-electron chi connectivity index (χ4n) is 3.35. The van der Waals surface area contributed by atoms with Gasteiger partial charge in [0.15, 0.2) is 0 Å². The number of benzene rings is 1. The van der Waals surface area contributed by atoms with E-state index in [4.69, 9.17) is 4.74 Å². The Hall–Kier alpha value is -2.18. The van der Waals surface area contributed by atoms with Crippen molar-refractivity contribution in [3.63, 3.8) is 0 Å². The lowest BCUT2D eigenvalue weighted by Crippen LogP contribution is -2.43. The van der Waals surface area contributed by atoms with Gasteiger partial charge in [-0.2, -0.15) is 0 Å². The topological polar surface area (TPSA) is 75.6 Å². The molecule has 2 saturated carbocycles. The third-order valence-corrected chi connectivity index (χ3v) is 4.82. The van der Waals surface area contributed by atoms with Crippen LogP contribution in [0.2, 0.25) is 0 Å². The summed E-state index contributed by atoms with van der Waals surface area (Å²) in [6, 6.07) is 9.03. The van der Waals surface area contributed by atoms with E-state index in [0.717, 1.165) is 5.56 Å². The number of amides is 1. The molecule has 2 atom stereocenters. The summed E-state index contributed by atoms with van der Waals surface area (Å²) >= 11 is 0. The van der Waals surface area contributed by atoms with Gasteiger partial charge in [0, 0.05) is 18.4 Å². The number of carbonyl (C=O) groups is 2. The highest BCUT2D eigenvalue weighted by molar-refractivity contribution is 5.77. The van der Waals surface area contributed by atoms with Crippen LogP contribution in [0.15, 0.2) is 30.3 Å². The fourth-order valence-corrected chi connectivity index (χ4v) is 3.35. The minimum Gasteiger partial charge on any atom is -0.481 e. The van der Waals surface area contributed by atoms with Crippen LogP contribution >= 0.6 is 0 Å². The molecule has 0 aliphatic heterocycles. The highest BCUT2D eigenvalue weighted by atomic mass is 19.3. The Labute approximate surface area is 131 Å². The molecule has 23 heavy (non-hydrogen) atoms. The van der Waals surface area contributed by atoms with Crippen LogP contribution in [-0.4, -0.2) is 29.6 Å². The number of alkyl carbamates (subject to hydrolysis) is 1. The van der Waals surface area contributed by atoms with E-state index in [1.54, 1.807) is 24.3 Å². The quantitative estimate of drug-likeness (QED) is 0.873. The highest BCUT2D eigenvalue weighted by Gasteiger charge is 2.76. The molecule has 2 N–H and O–H groups in total. The Morgan fingerprint density at radius 2 is 1.83 bits per heavy atom. The number of carbonyl (C=O) groups excluding carboxylic acids is 1. The van der Waals surface area contributed by atoms with E-state index in [0.29, 0.717) is 0 Å². The molecular weight excluding hydrogens is 308 g/mol. The van der Waals surface area contributed by atoms with Crippen LogP contribution < -0.4 is 5.32 Å². The van der Waals surface area contributed by atoms with E-state index in [2.05, 4.69) is 5.32 Å². The molecule has 7 heteroatoms. The van der Waals surface area contributed by atoms with Crippen LogP contribution in [0.4, 0.5) is 13.6 Å². The lowest BCUT2D eigenvalue weighted by Gasteiger charge is -2.27. The molecule has 1 aromatic carbocycles. The number of hydrogen-bond donors (Lipinski definition) is 2. The van der Waals surface area contributed by atoms with Crippen LogP contribution in [-0.2, 0) is 16.1 Å². The summed E-state index contributed by atoms with van der Waals surface area (Å²) in [6.07, 6.45) is -0.973. The van der Waals surface area contributed by atoms with Crippen LogP contribution in [0.5, 0.6) is 0 Å². The summed E-state index contributed by atoms with van der Waals surface area (Å²) in [6.45, 7) is -0.130. The summed E-state index contributed by atoms with van der Waals surface area (Å²) in [5.74, 6) is -5.64. The summed E-state index contributed by atoms with van der Waals surface area (Å²) in [7, 11) is 0. The van der Waals surface area contributed by atoms with E-state index >= 15 is 0 Å². The van der Waals surface area contributed by atoms with Gasteiger partial charge in [-0.05, 0) is 18.4 Å². The van der Waals surface area contributed by atoms with Crippen LogP contribution in [0, 0.1) is 17.3 Å². The number of halogens is 2. The Morgan fingerprint density at radius 1 is 1.22 bits per heavy atom. The summed E-state index contributed by atoms with van der Waals surface area (Å²) < 4.78 is 31.5. The third-order valence-electron chi connectivity index (χ3n) is 4.82. The highest BCUT2D eigenvalue weighted by Crippen LogP contribution is 2.69. The first-order chi connectivity index (χ1) is 10.8. The predicted octanol–water partition coefficient (Wildman–Crippen LogP) is 2.66. The zero-order valence-electron chi connectivity index (χ0n) is 12.3. The lowest BCUT2D eigenvalue weighted by molar-refractivity contribution is -0.150. The van der Waals surface area contributed by atoms with Gasteiger partial charge in [0.1, 0.15) is 6.61 Å². The van der Waals surface area contributed by atoms with Crippen molar-refractivity contribution < 1.29 is 28.2 Å². The minimum atomic E-state index is -2.74. The molecule has 2 fully saturated rings. The molecule has 5 nitrogen and oxygen atoms in total. The molecule has 0 radical (unpaired) electrons. The molecule has 0 saturated heterocycles. The Kier molecular flexibility index (Phi) is 3.74. The van der Waals surface area contributed by atoms with Crippen LogP contribution in [0.25, 0.3) is 0 Å². The molecule has 0 heterocycles. The smallest absolute Gasteiger partial charge is 0.407 e. The fraction of sp³-hybridized carbons (Fsp3) is 0.500. The van der Waals surface area contributed by atoms with Crippen LogP contribution in [0.1, 0.15) is 18.4 Å². The first-order valence-corrected chi connectivity index (χ1v) is 7.41. The second-order valence-corrected chi connectivity index (χ2v) is 6.30. The summed E-state index contributed by atoms with van der Waals surface area (Å²) in [4.78, 5) is 23.1. The van der Waals surface area contributed by atoms with E-state index in [1.165, 1.54) is 0 Å². The molecule has 0 bridgehead atoms. The van der Waals surface area contributed by atoms with Gasteiger partial charge in [0.25, 0.3) is 5.92 Å². The van der Waals surface area contributed by atoms with Crippen molar-refractivity contribution in [1.29, 1.82) is 0 Å². The largest absolute Gasteiger partial charge is 0.481 e. The van der Waals surface area contributed by atoms with Crippen molar-refractivity contribution >= 4 is 12.1 Å². The number of nitrogens with one attached hydrogen (secondary N) is 1. The number of hydrogen-bond acceptors (Lipinski definition) is 3. The van der Waals surface area contributed by atoms with E-state index < -0.39 is 35.2 Å². The Balaban J connectivity index is 1.50. The van der Waals surface area contributed by atoms with Gasteiger partial charge in [-0.3, -0.25) is 4.79 Å². The lowest BCUT2D eigenvalue weighted by atomic mass is 9.82. The number of fused-ring (bicyclic) bond motifs is 1. The maximum atomic E-state index is 13.3. The second kappa shape index (κ2) is 5.47. The molecule has 0 spiro atoms. The molecule has 1 aromatic rings. The van der Waals surface area contributed by atoms with Gasteiger partial charge in [0.05, 0.1) is 5.41 Å². The van der Waals surface area contributed by atoms with Gasteiger partial charge in [-0.15, -0.1) is 0 Å². The monoisotopic (exact) mass is 325 g/mol. The first kappa shape index (κ1) is 15.7. The molecular formula is C16H17F2NO4. The van der Waals surface area contributed by atoms with Crippen molar-refractivity contribution in [2.24, 2.45) is 17.3 Å². The second-order valence-electron chi connectivity index (χ2n) is 6.30. The maximum absolute atomic E-state index is 13.3. The van der Waals surface area contributed by atoms with Crippen molar-refractivity contribution in [3.8, 4) is 0 Å². The van der Waals surface area contributed by atoms with Crippen LogP contribution in [0.3, 0.4) is 0 Å². The maximum Gasteiger partial charge on any atom is 0.407 e. The molecule has 0 aromatic heterocycles. The van der Waals surface area contributed by atoms with Gasteiger partial charge in [-0.25, -0.2) is 13.6 Å². The van der Waals surface area contributed by atoms with Crippen molar-refractivity contribution in [1.82, 2.24) is 5.32 Å². The average molecular weight is 325 g/mol. The molecule has 1 amide bonds. The zero-order chi connectivity index (χ0) is 16.7.